The van der Waals surface area contributed by atoms with Gasteiger partial charge in [-0.3, -0.25) is 4.79 Å². The second-order valence-electron chi connectivity index (χ2n) is 6.26. The minimum absolute atomic E-state index is 0.0771. The minimum Gasteiger partial charge on any atom is -0.381 e. The van der Waals surface area contributed by atoms with Crippen LogP contribution in [-0.4, -0.2) is 31.7 Å². The lowest BCUT2D eigenvalue weighted by Gasteiger charge is -2.28. The van der Waals surface area contributed by atoms with Crippen molar-refractivity contribution in [2.24, 2.45) is 29.4 Å². The molecule has 2 saturated carbocycles. The molecule has 0 aromatic rings. The quantitative estimate of drug-likeness (QED) is 0.784. The SMILES string of the molecule is NC1C2CCC(C2)C1C(=O)NCC1CCCOC1. The molecule has 5 atom stereocenters. The lowest BCUT2D eigenvalue weighted by Crippen LogP contribution is -2.46. The van der Waals surface area contributed by atoms with Crippen LogP contribution in [0, 0.1) is 23.7 Å². The van der Waals surface area contributed by atoms with Crippen molar-refractivity contribution in [2.45, 2.75) is 38.1 Å². The summed E-state index contributed by atoms with van der Waals surface area (Å²) in [6.45, 7) is 2.43. The minimum atomic E-state index is 0.0771. The Kier molecular flexibility index (Phi) is 3.57. The van der Waals surface area contributed by atoms with E-state index in [0.717, 1.165) is 26.2 Å². The molecule has 1 aliphatic heterocycles. The van der Waals surface area contributed by atoms with Crippen LogP contribution < -0.4 is 11.1 Å². The van der Waals surface area contributed by atoms with Gasteiger partial charge in [-0.05, 0) is 49.9 Å². The average Bonchev–Trinajstić information content (AvgIpc) is 2.98. The first kappa shape index (κ1) is 12.4. The molecule has 3 N–H and O–H groups in total. The molecule has 0 spiro atoms. The van der Waals surface area contributed by atoms with Crippen molar-refractivity contribution < 1.29 is 9.53 Å². The topological polar surface area (TPSA) is 64.4 Å². The van der Waals surface area contributed by atoms with Crippen LogP contribution in [0.15, 0.2) is 0 Å². The summed E-state index contributed by atoms with van der Waals surface area (Å²) >= 11 is 0. The van der Waals surface area contributed by atoms with Crippen LogP contribution in [0.4, 0.5) is 0 Å². The van der Waals surface area contributed by atoms with Crippen molar-refractivity contribution in [1.29, 1.82) is 0 Å². The van der Waals surface area contributed by atoms with Crippen LogP contribution in [0.25, 0.3) is 0 Å². The number of ether oxygens (including phenoxy) is 1. The Labute approximate surface area is 109 Å². The molecule has 3 aliphatic rings. The molecule has 102 valence electrons. The highest BCUT2D eigenvalue weighted by Gasteiger charge is 2.48. The van der Waals surface area contributed by atoms with Gasteiger partial charge in [0, 0.05) is 19.2 Å². The molecule has 0 radical (unpaired) electrons. The molecule has 2 bridgehead atoms. The Hall–Kier alpha value is -0.610. The first-order valence-corrected chi connectivity index (χ1v) is 7.36. The van der Waals surface area contributed by atoms with E-state index in [1.807, 2.05) is 0 Å². The van der Waals surface area contributed by atoms with Crippen LogP contribution >= 0.6 is 0 Å². The zero-order valence-corrected chi connectivity index (χ0v) is 10.9. The highest BCUT2D eigenvalue weighted by Crippen LogP contribution is 2.47. The van der Waals surface area contributed by atoms with Gasteiger partial charge in [0.05, 0.1) is 12.5 Å². The number of nitrogens with two attached hydrogens (primary N) is 1. The summed E-state index contributed by atoms with van der Waals surface area (Å²) in [6, 6.07) is 0.103. The molecule has 4 heteroatoms. The number of amides is 1. The van der Waals surface area contributed by atoms with Crippen molar-refractivity contribution in [3.8, 4) is 0 Å². The Balaban J connectivity index is 1.49. The molecule has 0 aromatic heterocycles. The molecule has 1 saturated heterocycles. The first-order chi connectivity index (χ1) is 8.75. The van der Waals surface area contributed by atoms with E-state index in [4.69, 9.17) is 10.5 Å². The standard InChI is InChI=1S/C14H24N2O2/c15-13-11-4-3-10(6-11)12(13)14(17)16-7-9-2-1-5-18-8-9/h9-13H,1-8,15H2,(H,16,17). The smallest absolute Gasteiger partial charge is 0.224 e. The third-order valence-corrected chi connectivity index (χ3v) is 5.10. The van der Waals surface area contributed by atoms with Crippen molar-refractivity contribution in [3.05, 3.63) is 0 Å². The zero-order valence-electron chi connectivity index (χ0n) is 10.9. The predicted molar refractivity (Wildman–Crippen MR) is 68.8 cm³/mol. The summed E-state index contributed by atoms with van der Waals surface area (Å²) in [6.07, 6.45) is 5.89. The number of carbonyl (C=O) groups is 1. The van der Waals surface area contributed by atoms with Gasteiger partial charge >= 0.3 is 0 Å². The van der Waals surface area contributed by atoms with Crippen molar-refractivity contribution >= 4 is 5.91 Å². The Morgan fingerprint density at radius 2 is 2.11 bits per heavy atom. The summed E-state index contributed by atoms with van der Waals surface area (Å²) < 4.78 is 5.43. The van der Waals surface area contributed by atoms with Gasteiger partial charge in [0.25, 0.3) is 0 Å². The maximum atomic E-state index is 12.3. The van der Waals surface area contributed by atoms with E-state index in [2.05, 4.69) is 5.32 Å². The van der Waals surface area contributed by atoms with Gasteiger partial charge in [0.1, 0.15) is 0 Å². The van der Waals surface area contributed by atoms with Gasteiger partial charge in [-0.2, -0.15) is 0 Å². The van der Waals surface area contributed by atoms with Crippen LogP contribution in [0.3, 0.4) is 0 Å². The molecule has 18 heavy (non-hydrogen) atoms. The highest BCUT2D eigenvalue weighted by molar-refractivity contribution is 5.80. The van der Waals surface area contributed by atoms with E-state index >= 15 is 0 Å². The lowest BCUT2D eigenvalue weighted by molar-refractivity contribution is -0.127. The highest BCUT2D eigenvalue weighted by atomic mass is 16.5. The fourth-order valence-electron chi connectivity index (χ4n) is 4.06. The van der Waals surface area contributed by atoms with Crippen LogP contribution in [0.1, 0.15) is 32.1 Å². The van der Waals surface area contributed by atoms with Crippen LogP contribution in [0.5, 0.6) is 0 Å². The fourth-order valence-corrected chi connectivity index (χ4v) is 4.06. The van der Waals surface area contributed by atoms with Crippen LogP contribution in [-0.2, 0) is 9.53 Å². The molecule has 5 unspecified atom stereocenters. The monoisotopic (exact) mass is 252 g/mol. The zero-order chi connectivity index (χ0) is 12.5. The van der Waals surface area contributed by atoms with Gasteiger partial charge in [0.15, 0.2) is 0 Å². The van der Waals surface area contributed by atoms with Crippen LogP contribution in [0.2, 0.25) is 0 Å². The van der Waals surface area contributed by atoms with E-state index in [1.165, 1.54) is 25.7 Å². The summed E-state index contributed by atoms with van der Waals surface area (Å²) in [5.74, 6) is 1.92. The molecule has 3 fully saturated rings. The van der Waals surface area contributed by atoms with E-state index in [0.29, 0.717) is 17.8 Å². The molecular weight excluding hydrogens is 228 g/mol. The normalized spacial score (nSPS) is 43.1. The number of fused-ring (bicyclic) bond motifs is 2. The Morgan fingerprint density at radius 3 is 2.78 bits per heavy atom. The van der Waals surface area contributed by atoms with Gasteiger partial charge in [-0.15, -0.1) is 0 Å². The fraction of sp³-hybridized carbons (Fsp3) is 0.929. The maximum Gasteiger partial charge on any atom is 0.224 e. The second-order valence-corrected chi connectivity index (χ2v) is 6.26. The Morgan fingerprint density at radius 1 is 1.28 bits per heavy atom. The van der Waals surface area contributed by atoms with Gasteiger partial charge < -0.3 is 15.8 Å². The Bertz CT molecular complexity index is 313. The van der Waals surface area contributed by atoms with Gasteiger partial charge in [0.2, 0.25) is 5.91 Å². The number of hydrogen-bond acceptors (Lipinski definition) is 3. The molecular formula is C14H24N2O2. The van der Waals surface area contributed by atoms with Crippen molar-refractivity contribution in [2.75, 3.05) is 19.8 Å². The third kappa shape index (κ3) is 2.28. The first-order valence-electron chi connectivity index (χ1n) is 7.36. The molecule has 3 rings (SSSR count). The summed E-state index contributed by atoms with van der Waals surface area (Å²) in [4.78, 5) is 12.3. The lowest BCUT2D eigenvalue weighted by atomic mass is 9.84. The molecule has 1 heterocycles. The molecule has 2 aliphatic carbocycles. The molecule has 0 aromatic carbocycles. The number of hydrogen-bond donors (Lipinski definition) is 2. The van der Waals surface area contributed by atoms with E-state index in [1.54, 1.807) is 0 Å². The largest absolute Gasteiger partial charge is 0.381 e. The third-order valence-electron chi connectivity index (χ3n) is 5.10. The van der Waals surface area contributed by atoms with Crippen molar-refractivity contribution in [1.82, 2.24) is 5.32 Å². The number of carbonyl (C=O) groups excluding carboxylic acids is 1. The molecule has 4 nitrogen and oxygen atoms in total. The number of nitrogens with one attached hydrogen (secondary N) is 1. The maximum absolute atomic E-state index is 12.3. The summed E-state index contributed by atoms with van der Waals surface area (Å²) in [5.41, 5.74) is 6.19. The van der Waals surface area contributed by atoms with Gasteiger partial charge in [-0.1, -0.05) is 0 Å². The van der Waals surface area contributed by atoms with E-state index in [-0.39, 0.29) is 17.9 Å². The van der Waals surface area contributed by atoms with Gasteiger partial charge in [-0.25, -0.2) is 0 Å². The van der Waals surface area contributed by atoms with E-state index in [9.17, 15) is 4.79 Å². The van der Waals surface area contributed by atoms with E-state index < -0.39 is 0 Å². The van der Waals surface area contributed by atoms with Crippen molar-refractivity contribution in [3.63, 3.8) is 0 Å². The summed E-state index contributed by atoms with van der Waals surface area (Å²) in [7, 11) is 0. The number of rotatable bonds is 3. The average molecular weight is 252 g/mol. The second kappa shape index (κ2) is 5.17. The molecule has 1 amide bonds. The predicted octanol–water partition coefficient (Wildman–Crippen LogP) is 0.903. The summed E-state index contributed by atoms with van der Waals surface area (Å²) in [5, 5.41) is 3.11.